The first kappa shape index (κ1) is 13.2. The van der Waals surface area contributed by atoms with Gasteiger partial charge in [0.15, 0.2) is 0 Å². The largest absolute Gasteiger partial charge is 0.321 e. The Hall–Kier alpha value is -1.84. The summed E-state index contributed by atoms with van der Waals surface area (Å²) in [4.78, 5) is 12.0. The minimum atomic E-state index is -0.449. The van der Waals surface area contributed by atoms with Gasteiger partial charge in [0.25, 0.3) is 5.91 Å². The molecular formula is C15H8Cl2FNO. The number of hydrogen-bond acceptors (Lipinski definition) is 1. The molecule has 0 spiro atoms. The van der Waals surface area contributed by atoms with Crippen molar-refractivity contribution in [3.63, 3.8) is 0 Å². The molecule has 0 saturated heterocycles. The van der Waals surface area contributed by atoms with E-state index in [9.17, 15) is 9.18 Å². The molecule has 0 fully saturated rings. The fourth-order valence-electron chi connectivity index (χ4n) is 2.12. The van der Waals surface area contributed by atoms with Gasteiger partial charge in [-0.3, -0.25) is 4.79 Å². The lowest BCUT2D eigenvalue weighted by Gasteiger charge is -2.02. The Labute approximate surface area is 124 Å². The van der Waals surface area contributed by atoms with E-state index >= 15 is 0 Å². The third kappa shape index (κ3) is 2.19. The predicted octanol–water partition coefficient (Wildman–Crippen LogP) is 4.63. The Morgan fingerprint density at radius 3 is 2.75 bits per heavy atom. The van der Waals surface area contributed by atoms with E-state index in [1.807, 2.05) is 0 Å². The molecule has 2 aromatic rings. The molecule has 1 aliphatic rings. The van der Waals surface area contributed by atoms with Crippen LogP contribution in [0.4, 0.5) is 10.1 Å². The SMILES string of the molecule is O=C1Nc2cccc(Cl)c2C1=Cc1cc(Cl)ccc1F. The first-order chi connectivity index (χ1) is 9.56. The number of halogens is 3. The molecule has 100 valence electrons. The molecule has 0 unspecified atom stereocenters. The number of rotatable bonds is 1. The van der Waals surface area contributed by atoms with Crippen molar-refractivity contribution in [1.82, 2.24) is 0 Å². The summed E-state index contributed by atoms with van der Waals surface area (Å²) in [7, 11) is 0. The van der Waals surface area contributed by atoms with E-state index in [2.05, 4.69) is 5.32 Å². The molecule has 1 heterocycles. The highest BCUT2D eigenvalue weighted by Crippen LogP contribution is 2.38. The quantitative estimate of drug-likeness (QED) is 0.765. The first-order valence-electron chi connectivity index (χ1n) is 5.83. The molecule has 0 atom stereocenters. The summed E-state index contributed by atoms with van der Waals surface area (Å²) in [5.74, 6) is -0.761. The van der Waals surface area contributed by atoms with Crippen LogP contribution in [-0.2, 0) is 4.79 Å². The summed E-state index contributed by atoms with van der Waals surface area (Å²) in [6, 6.07) is 9.34. The van der Waals surface area contributed by atoms with Gasteiger partial charge in [0, 0.05) is 16.1 Å². The second-order valence-electron chi connectivity index (χ2n) is 4.34. The lowest BCUT2D eigenvalue weighted by Crippen LogP contribution is -2.03. The average Bonchev–Trinajstić information content (AvgIpc) is 2.72. The Morgan fingerprint density at radius 1 is 1.15 bits per heavy atom. The Bertz CT molecular complexity index is 756. The fraction of sp³-hybridized carbons (Fsp3) is 0. The molecule has 0 saturated carbocycles. The molecule has 1 amide bonds. The van der Waals surface area contributed by atoms with Crippen molar-refractivity contribution >= 4 is 46.4 Å². The molecule has 1 N–H and O–H groups in total. The topological polar surface area (TPSA) is 29.1 Å². The van der Waals surface area contributed by atoms with Gasteiger partial charge in [-0.15, -0.1) is 0 Å². The fourth-order valence-corrected chi connectivity index (χ4v) is 2.58. The molecular weight excluding hydrogens is 300 g/mol. The summed E-state index contributed by atoms with van der Waals surface area (Å²) in [6.07, 6.45) is 1.45. The summed E-state index contributed by atoms with van der Waals surface area (Å²) in [5.41, 5.74) is 1.77. The molecule has 0 aliphatic carbocycles. The third-order valence-electron chi connectivity index (χ3n) is 3.03. The standard InChI is InChI=1S/C15H8Cl2FNO/c16-9-4-5-12(18)8(6-9)7-10-14-11(17)2-1-3-13(14)19-15(10)20/h1-7H,(H,19,20). The zero-order chi connectivity index (χ0) is 14.3. The molecule has 2 nitrogen and oxygen atoms in total. The summed E-state index contributed by atoms with van der Waals surface area (Å²) < 4.78 is 13.8. The summed E-state index contributed by atoms with van der Waals surface area (Å²) >= 11 is 12.0. The van der Waals surface area contributed by atoms with Crippen LogP contribution in [-0.4, -0.2) is 5.91 Å². The van der Waals surface area contributed by atoms with Crippen molar-refractivity contribution in [2.75, 3.05) is 5.32 Å². The maximum absolute atomic E-state index is 13.8. The van der Waals surface area contributed by atoms with Crippen LogP contribution >= 0.6 is 23.2 Å². The van der Waals surface area contributed by atoms with Gasteiger partial charge < -0.3 is 5.32 Å². The Kier molecular flexibility index (Phi) is 3.24. The van der Waals surface area contributed by atoms with Crippen molar-refractivity contribution in [2.45, 2.75) is 0 Å². The van der Waals surface area contributed by atoms with Crippen LogP contribution in [0, 0.1) is 5.82 Å². The second kappa shape index (κ2) is 4.93. The van der Waals surface area contributed by atoms with Crippen molar-refractivity contribution in [3.05, 3.63) is 63.4 Å². The normalized spacial score (nSPS) is 15.3. The van der Waals surface area contributed by atoms with E-state index in [0.717, 1.165) is 0 Å². The van der Waals surface area contributed by atoms with E-state index in [0.29, 0.717) is 26.9 Å². The molecule has 3 rings (SSSR count). The van der Waals surface area contributed by atoms with E-state index in [4.69, 9.17) is 23.2 Å². The van der Waals surface area contributed by atoms with Crippen molar-refractivity contribution in [2.24, 2.45) is 0 Å². The van der Waals surface area contributed by atoms with Crippen LogP contribution in [0.25, 0.3) is 11.6 Å². The van der Waals surface area contributed by atoms with E-state index in [1.165, 1.54) is 24.3 Å². The Balaban J connectivity index is 2.18. The third-order valence-corrected chi connectivity index (χ3v) is 3.58. The highest BCUT2D eigenvalue weighted by Gasteiger charge is 2.26. The number of nitrogens with one attached hydrogen (secondary N) is 1. The minimum Gasteiger partial charge on any atom is -0.321 e. The van der Waals surface area contributed by atoms with Crippen molar-refractivity contribution < 1.29 is 9.18 Å². The van der Waals surface area contributed by atoms with Gasteiger partial charge in [0.2, 0.25) is 0 Å². The molecule has 5 heteroatoms. The average molecular weight is 308 g/mol. The van der Waals surface area contributed by atoms with Gasteiger partial charge in [0.05, 0.1) is 16.3 Å². The second-order valence-corrected chi connectivity index (χ2v) is 5.18. The monoisotopic (exact) mass is 307 g/mol. The number of carbonyl (C=O) groups is 1. The smallest absolute Gasteiger partial charge is 0.256 e. The number of benzene rings is 2. The highest BCUT2D eigenvalue weighted by atomic mass is 35.5. The van der Waals surface area contributed by atoms with Gasteiger partial charge in [0.1, 0.15) is 5.82 Å². The molecule has 20 heavy (non-hydrogen) atoms. The van der Waals surface area contributed by atoms with Gasteiger partial charge >= 0.3 is 0 Å². The van der Waals surface area contributed by atoms with Crippen LogP contribution < -0.4 is 5.32 Å². The number of carbonyl (C=O) groups excluding carboxylic acids is 1. The van der Waals surface area contributed by atoms with Gasteiger partial charge in [-0.25, -0.2) is 4.39 Å². The zero-order valence-corrected chi connectivity index (χ0v) is 11.6. The maximum Gasteiger partial charge on any atom is 0.256 e. The van der Waals surface area contributed by atoms with E-state index < -0.39 is 5.82 Å². The number of anilines is 1. The minimum absolute atomic E-state index is 0.246. The first-order valence-corrected chi connectivity index (χ1v) is 6.59. The van der Waals surface area contributed by atoms with Crippen LogP contribution in [0.15, 0.2) is 36.4 Å². The highest BCUT2D eigenvalue weighted by molar-refractivity contribution is 6.41. The van der Waals surface area contributed by atoms with Gasteiger partial charge in [-0.1, -0.05) is 29.3 Å². The predicted molar refractivity (Wildman–Crippen MR) is 79.4 cm³/mol. The van der Waals surface area contributed by atoms with Gasteiger partial charge in [-0.2, -0.15) is 0 Å². The van der Waals surface area contributed by atoms with Crippen LogP contribution in [0.1, 0.15) is 11.1 Å². The number of hydrogen-bond donors (Lipinski definition) is 1. The molecule has 0 radical (unpaired) electrons. The van der Waals surface area contributed by atoms with Crippen LogP contribution in [0.5, 0.6) is 0 Å². The number of fused-ring (bicyclic) bond motifs is 1. The molecule has 1 aliphatic heterocycles. The maximum atomic E-state index is 13.8. The Morgan fingerprint density at radius 2 is 1.95 bits per heavy atom. The van der Waals surface area contributed by atoms with E-state index in [-0.39, 0.29) is 11.5 Å². The van der Waals surface area contributed by atoms with Crippen molar-refractivity contribution in [3.8, 4) is 0 Å². The lowest BCUT2D eigenvalue weighted by molar-refractivity contribution is -0.110. The summed E-state index contributed by atoms with van der Waals surface area (Å²) in [5, 5.41) is 3.53. The molecule has 0 bridgehead atoms. The lowest BCUT2D eigenvalue weighted by atomic mass is 10.0. The van der Waals surface area contributed by atoms with Crippen molar-refractivity contribution in [1.29, 1.82) is 0 Å². The zero-order valence-electron chi connectivity index (χ0n) is 10.1. The molecule has 2 aromatic carbocycles. The van der Waals surface area contributed by atoms with Crippen LogP contribution in [0.2, 0.25) is 10.0 Å². The number of amides is 1. The van der Waals surface area contributed by atoms with Gasteiger partial charge in [-0.05, 0) is 36.4 Å². The van der Waals surface area contributed by atoms with Crippen LogP contribution in [0.3, 0.4) is 0 Å². The summed E-state index contributed by atoms with van der Waals surface area (Å²) in [6.45, 7) is 0. The molecule has 0 aromatic heterocycles. The van der Waals surface area contributed by atoms with E-state index in [1.54, 1.807) is 18.2 Å².